The lowest BCUT2D eigenvalue weighted by Crippen LogP contribution is -2.21. The van der Waals surface area contributed by atoms with Gasteiger partial charge in [-0.25, -0.2) is 4.98 Å². The lowest BCUT2D eigenvalue weighted by atomic mass is 10.4. The predicted octanol–water partition coefficient (Wildman–Crippen LogP) is 0.985. The Morgan fingerprint density at radius 2 is 2.47 bits per heavy atom. The second-order valence-corrected chi connectivity index (χ2v) is 4.98. The van der Waals surface area contributed by atoms with Gasteiger partial charge in [-0.15, -0.1) is 11.3 Å². The first-order valence-corrected chi connectivity index (χ1v) is 6.01. The molecule has 0 radical (unpaired) electrons. The average molecular weight is 225 g/mol. The fourth-order valence-electron chi connectivity index (χ4n) is 1.35. The van der Waals surface area contributed by atoms with Gasteiger partial charge in [0.15, 0.2) is 0 Å². The smallest absolute Gasteiger partial charge is 0.218 e. The molecule has 1 aromatic heterocycles. The van der Waals surface area contributed by atoms with Gasteiger partial charge in [0.1, 0.15) is 0 Å². The summed E-state index contributed by atoms with van der Waals surface area (Å²) in [7, 11) is 0. The SMILES string of the molecule is NC(=O)CCNCc1cnc(C2CC2)s1. The fourth-order valence-corrected chi connectivity index (χ4v) is 2.40. The minimum atomic E-state index is -0.259. The molecule has 1 heterocycles. The van der Waals surface area contributed by atoms with Crippen molar-refractivity contribution in [2.75, 3.05) is 6.54 Å². The lowest BCUT2D eigenvalue weighted by molar-refractivity contribution is -0.117. The molecule has 2 rings (SSSR count). The van der Waals surface area contributed by atoms with Crippen LogP contribution in [0.5, 0.6) is 0 Å². The van der Waals surface area contributed by atoms with Gasteiger partial charge in [0, 0.05) is 36.5 Å². The predicted molar refractivity (Wildman–Crippen MR) is 59.6 cm³/mol. The number of nitrogens with one attached hydrogen (secondary N) is 1. The number of nitrogens with zero attached hydrogens (tertiary/aromatic N) is 1. The van der Waals surface area contributed by atoms with Crippen molar-refractivity contribution in [3.8, 4) is 0 Å². The van der Waals surface area contributed by atoms with Gasteiger partial charge in [0.05, 0.1) is 5.01 Å². The molecule has 15 heavy (non-hydrogen) atoms. The number of hydrogen-bond acceptors (Lipinski definition) is 4. The largest absolute Gasteiger partial charge is 0.370 e. The summed E-state index contributed by atoms with van der Waals surface area (Å²) in [5, 5.41) is 4.44. The number of thiazole rings is 1. The van der Waals surface area contributed by atoms with Crippen molar-refractivity contribution >= 4 is 17.2 Å². The molecule has 3 N–H and O–H groups in total. The number of carbonyl (C=O) groups excluding carboxylic acids is 1. The van der Waals surface area contributed by atoms with E-state index >= 15 is 0 Å². The van der Waals surface area contributed by atoms with E-state index in [1.54, 1.807) is 11.3 Å². The van der Waals surface area contributed by atoms with Crippen LogP contribution < -0.4 is 11.1 Å². The highest BCUT2D eigenvalue weighted by Crippen LogP contribution is 2.41. The Morgan fingerprint density at radius 1 is 1.67 bits per heavy atom. The summed E-state index contributed by atoms with van der Waals surface area (Å²) < 4.78 is 0. The van der Waals surface area contributed by atoms with E-state index in [0.29, 0.717) is 13.0 Å². The van der Waals surface area contributed by atoms with Gasteiger partial charge in [0.2, 0.25) is 5.91 Å². The summed E-state index contributed by atoms with van der Waals surface area (Å²) in [6.45, 7) is 1.43. The van der Waals surface area contributed by atoms with Crippen molar-refractivity contribution in [1.29, 1.82) is 0 Å². The molecule has 5 heteroatoms. The highest BCUT2D eigenvalue weighted by Gasteiger charge is 2.26. The van der Waals surface area contributed by atoms with Crippen LogP contribution in [0.25, 0.3) is 0 Å². The van der Waals surface area contributed by atoms with Gasteiger partial charge >= 0.3 is 0 Å². The van der Waals surface area contributed by atoms with Crippen molar-refractivity contribution < 1.29 is 4.79 Å². The lowest BCUT2D eigenvalue weighted by Gasteiger charge is -1.99. The molecular formula is C10H15N3OS. The van der Waals surface area contributed by atoms with E-state index in [1.807, 2.05) is 6.20 Å². The number of aromatic nitrogens is 1. The molecule has 1 aliphatic carbocycles. The molecule has 1 amide bonds. The highest BCUT2D eigenvalue weighted by atomic mass is 32.1. The number of nitrogens with two attached hydrogens (primary N) is 1. The number of carbonyl (C=O) groups is 1. The zero-order chi connectivity index (χ0) is 10.7. The number of amides is 1. The Balaban J connectivity index is 1.71. The molecular weight excluding hydrogens is 210 g/mol. The van der Waals surface area contributed by atoms with Crippen LogP contribution in [0.15, 0.2) is 6.20 Å². The second kappa shape index (κ2) is 4.72. The maximum Gasteiger partial charge on any atom is 0.218 e. The van der Waals surface area contributed by atoms with Crippen LogP contribution in [0, 0.1) is 0 Å². The van der Waals surface area contributed by atoms with Gasteiger partial charge in [-0.1, -0.05) is 0 Å². The molecule has 1 fully saturated rings. The minimum absolute atomic E-state index is 0.259. The average Bonchev–Trinajstić information content (AvgIpc) is 2.94. The second-order valence-electron chi connectivity index (χ2n) is 3.83. The van der Waals surface area contributed by atoms with Crippen LogP contribution in [0.2, 0.25) is 0 Å². The molecule has 0 bridgehead atoms. The van der Waals surface area contributed by atoms with Crippen LogP contribution in [0.4, 0.5) is 0 Å². The van der Waals surface area contributed by atoms with Crippen molar-refractivity contribution in [2.45, 2.75) is 31.7 Å². The zero-order valence-electron chi connectivity index (χ0n) is 8.53. The van der Waals surface area contributed by atoms with E-state index in [4.69, 9.17) is 5.73 Å². The first-order chi connectivity index (χ1) is 7.25. The van der Waals surface area contributed by atoms with E-state index in [0.717, 1.165) is 12.5 Å². The van der Waals surface area contributed by atoms with E-state index in [1.165, 1.54) is 22.7 Å². The number of hydrogen-bond donors (Lipinski definition) is 2. The van der Waals surface area contributed by atoms with Crippen molar-refractivity contribution in [2.24, 2.45) is 5.73 Å². The molecule has 0 atom stereocenters. The fraction of sp³-hybridized carbons (Fsp3) is 0.600. The molecule has 0 saturated heterocycles. The Labute approximate surface area is 92.9 Å². The summed E-state index contributed by atoms with van der Waals surface area (Å²) in [5.74, 6) is 0.472. The summed E-state index contributed by atoms with van der Waals surface area (Å²) in [5.41, 5.74) is 5.04. The Morgan fingerprint density at radius 3 is 3.13 bits per heavy atom. The quantitative estimate of drug-likeness (QED) is 0.709. The standard InChI is InChI=1S/C10H15N3OS/c11-9(14)3-4-12-5-8-6-13-10(15-8)7-1-2-7/h6-7,12H,1-5H2,(H2,11,14). The molecule has 1 saturated carbocycles. The minimum Gasteiger partial charge on any atom is -0.370 e. The molecule has 82 valence electrons. The topological polar surface area (TPSA) is 68.0 Å². The van der Waals surface area contributed by atoms with Gasteiger partial charge in [-0.05, 0) is 12.8 Å². The monoisotopic (exact) mass is 225 g/mol. The molecule has 0 unspecified atom stereocenters. The van der Waals surface area contributed by atoms with Crippen LogP contribution in [0.3, 0.4) is 0 Å². The molecule has 0 spiro atoms. The summed E-state index contributed by atoms with van der Waals surface area (Å²) in [6.07, 6.45) is 4.91. The third-order valence-corrected chi connectivity index (χ3v) is 3.51. The van der Waals surface area contributed by atoms with Gasteiger partial charge in [-0.3, -0.25) is 4.79 Å². The van der Waals surface area contributed by atoms with Gasteiger partial charge < -0.3 is 11.1 Å². The van der Waals surface area contributed by atoms with E-state index in [9.17, 15) is 4.79 Å². The molecule has 1 aromatic rings. The van der Waals surface area contributed by atoms with Crippen LogP contribution in [0.1, 0.15) is 35.1 Å². The van der Waals surface area contributed by atoms with Gasteiger partial charge in [0.25, 0.3) is 0 Å². The molecule has 4 nitrogen and oxygen atoms in total. The van der Waals surface area contributed by atoms with E-state index in [-0.39, 0.29) is 5.91 Å². The number of primary amides is 1. The summed E-state index contributed by atoms with van der Waals surface area (Å²) in [4.78, 5) is 16.1. The summed E-state index contributed by atoms with van der Waals surface area (Å²) in [6, 6.07) is 0. The first-order valence-electron chi connectivity index (χ1n) is 5.19. The Bertz CT molecular complexity index is 346. The molecule has 0 aromatic carbocycles. The van der Waals surface area contributed by atoms with Crippen molar-refractivity contribution in [1.82, 2.24) is 10.3 Å². The Kier molecular flexibility index (Phi) is 3.33. The third kappa shape index (κ3) is 3.28. The Hall–Kier alpha value is -0.940. The van der Waals surface area contributed by atoms with Gasteiger partial charge in [-0.2, -0.15) is 0 Å². The van der Waals surface area contributed by atoms with E-state index in [2.05, 4.69) is 10.3 Å². The molecule has 0 aliphatic heterocycles. The van der Waals surface area contributed by atoms with Crippen LogP contribution in [-0.2, 0) is 11.3 Å². The highest BCUT2D eigenvalue weighted by molar-refractivity contribution is 7.11. The zero-order valence-corrected chi connectivity index (χ0v) is 9.35. The maximum atomic E-state index is 10.5. The van der Waals surface area contributed by atoms with Crippen LogP contribution >= 0.6 is 11.3 Å². The molecule has 1 aliphatic rings. The van der Waals surface area contributed by atoms with E-state index < -0.39 is 0 Å². The first kappa shape index (κ1) is 10.6. The van der Waals surface area contributed by atoms with Crippen molar-refractivity contribution in [3.63, 3.8) is 0 Å². The normalized spacial score (nSPS) is 15.5. The number of rotatable bonds is 6. The summed E-state index contributed by atoms with van der Waals surface area (Å²) >= 11 is 1.77. The van der Waals surface area contributed by atoms with Crippen molar-refractivity contribution in [3.05, 3.63) is 16.1 Å². The van der Waals surface area contributed by atoms with Crippen LogP contribution in [-0.4, -0.2) is 17.4 Å². The maximum absolute atomic E-state index is 10.5. The third-order valence-electron chi connectivity index (χ3n) is 2.35.